The number of halogens is 1. The molecule has 1 atom stereocenters. The Labute approximate surface area is 114 Å². The van der Waals surface area contributed by atoms with Crippen molar-refractivity contribution in [2.75, 3.05) is 18.0 Å². The number of hydrogen-bond acceptors (Lipinski definition) is 3. The van der Waals surface area contributed by atoms with Gasteiger partial charge in [-0.25, -0.2) is 0 Å². The molecule has 0 spiro atoms. The molecule has 0 aromatic heterocycles. The maximum Gasteiger partial charge on any atom is 0.242 e. The molecule has 0 aliphatic carbocycles. The highest BCUT2D eigenvalue weighted by molar-refractivity contribution is 9.10. The van der Waals surface area contributed by atoms with E-state index in [-0.39, 0.29) is 17.7 Å². The zero-order valence-corrected chi connectivity index (χ0v) is 12.0. The second-order valence-electron chi connectivity index (χ2n) is 4.38. The van der Waals surface area contributed by atoms with Gasteiger partial charge in [-0.2, -0.15) is 0 Å². The monoisotopic (exact) mass is 310 g/mol. The summed E-state index contributed by atoms with van der Waals surface area (Å²) in [6, 6.07) is 5.39. The molecule has 5 heteroatoms. The van der Waals surface area contributed by atoms with Crippen LogP contribution in [0.5, 0.6) is 0 Å². The van der Waals surface area contributed by atoms with Crippen molar-refractivity contribution in [1.82, 2.24) is 5.32 Å². The van der Waals surface area contributed by atoms with Crippen LogP contribution in [0.1, 0.15) is 24.2 Å². The molecular formula is C13H15BrN2O2. The molecule has 1 aromatic carbocycles. The number of piperazine rings is 1. The van der Waals surface area contributed by atoms with E-state index >= 15 is 0 Å². The van der Waals surface area contributed by atoms with Gasteiger partial charge in [0.05, 0.1) is 0 Å². The van der Waals surface area contributed by atoms with Crippen molar-refractivity contribution in [3.05, 3.63) is 28.2 Å². The number of rotatable bonds is 2. The van der Waals surface area contributed by atoms with E-state index < -0.39 is 0 Å². The van der Waals surface area contributed by atoms with E-state index in [1.54, 1.807) is 6.07 Å². The van der Waals surface area contributed by atoms with Gasteiger partial charge in [0.2, 0.25) is 5.91 Å². The molecule has 0 radical (unpaired) electrons. The van der Waals surface area contributed by atoms with E-state index in [0.29, 0.717) is 12.1 Å². The van der Waals surface area contributed by atoms with Crippen molar-refractivity contribution < 1.29 is 9.59 Å². The Morgan fingerprint density at radius 2 is 2.22 bits per heavy atom. The van der Waals surface area contributed by atoms with Crippen molar-refractivity contribution in [1.29, 1.82) is 0 Å². The summed E-state index contributed by atoms with van der Waals surface area (Å²) in [5.74, 6) is 0.0610. The van der Waals surface area contributed by atoms with Crippen LogP contribution in [0.4, 0.5) is 5.69 Å². The van der Waals surface area contributed by atoms with Crippen LogP contribution in [0.25, 0.3) is 0 Å². The Morgan fingerprint density at radius 1 is 1.50 bits per heavy atom. The molecule has 1 N–H and O–H groups in total. The number of hydrogen-bond donors (Lipinski definition) is 1. The fourth-order valence-electron chi connectivity index (χ4n) is 2.10. The Morgan fingerprint density at radius 3 is 2.83 bits per heavy atom. The molecule has 0 bridgehead atoms. The maximum atomic E-state index is 11.6. The standard InChI is InChI=1S/C13H15BrN2O2/c1-8-13(18)15-5-6-16(8)10-3-4-11(9(2)17)12(14)7-10/h3-4,7-8H,5-6H2,1-2H3,(H,15,18). The zero-order chi connectivity index (χ0) is 13.3. The molecule has 1 amide bonds. The third kappa shape index (κ3) is 2.41. The normalized spacial score (nSPS) is 19.6. The van der Waals surface area contributed by atoms with Crippen LogP contribution in [0.15, 0.2) is 22.7 Å². The highest BCUT2D eigenvalue weighted by Gasteiger charge is 2.25. The van der Waals surface area contributed by atoms with Gasteiger partial charge >= 0.3 is 0 Å². The first-order valence-corrected chi connectivity index (χ1v) is 6.65. The fourth-order valence-corrected chi connectivity index (χ4v) is 2.75. The second-order valence-corrected chi connectivity index (χ2v) is 5.24. The van der Waals surface area contributed by atoms with Crippen molar-refractivity contribution in [2.24, 2.45) is 0 Å². The third-order valence-corrected chi connectivity index (χ3v) is 3.82. The summed E-state index contributed by atoms with van der Waals surface area (Å²) in [6.45, 7) is 4.84. The summed E-state index contributed by atoms with van der Waals surface area (Å²) in [4.78, 5) is 25.0. The Balaban J connectivity index is 2.31. The minimum absolute atomic E-state index is 0.0258. The third-order valence-electron chi connectivity index (χ3n) is 3.16. The molecule has 96 valence electrons. The minimum Gasteiger partial charge on any atom is -0.358 e. The largest absolute Gasteiger partial charge is 0.358 e. The van der Waals surface area contributed by atoms with Crippen molar-refractivity contribution in [3.63, 3.8) is 0 Å². The first-order chi connectivity index (χ1) is 8.50. The summed E-state index contributed by atoms with van der Waals surface area (Å²) in [6.07, 6.45) is 0. The average molecular weight is 311 g/mol. The smallest absolute Gasteiger partial charge is 0.242 e. The van der Waals surface area contributed by atoms with E-state index in [2.05, 4.69) is 21.2 Å². The fraction of sp³-hybridized carbons (Fsp3) is 0.385. The lowest BCUT2D eigenvalue weighted by Crippen LogP contribution is -2.54. The minimum atomic E-state index is -0.186. The van der Waals surface area contributed by atoms with E-state index in [4.69, 9.17) is 0 Å². The van der Waals surface area contributed by atoms with Gasteiger partial charge in [-0.3, -0.25) is 9.59 Å². The van der Waals surface area contributed by atoms with Crippen LogP contribution >= 0.6 is 15.9 Å². The molecule has 1 fully saturated rings. The molecule has 0 saturated carbocycles. The van der Waals surface area contributed by atoms with Crippen molar-refractivity contribution in [3.8, 4) is 0 Å². The number of nitrogens with one attached hydrogen (secondary N) is 1. The highest BCUT2D eigenvalue weighted by atomic mass is 79.9. The lowest BCUT2D eigenvalue weighted by Gasteiger charge is -2.34. The summed E-state index contributed by atoms with van der Waals surface area (Å²) >= 11 is 3.40. The van der Waals surface area contributed by atoms with Crippen LogP contribution in [0.2, 0.25) is 0 Å². The maximum absolute atomic E-state index is 11.6. The second kappa shape index (κ2) is 5.10. The number of anilines is 1. The van der Waals surface area contributed by atoms with Gasteiger partial charge in [0.1, 0.15) is 6.04 Å². The molecule has 4 nitrogen and oxygen atoms in total. The first-order valence-electron chi connectivity index (χ1n) is 5.85. The number of carbonyl (C=O) groups is 2. The van der Waals surface area contributed by atoms with Crippen LogP contribution in [-0.2, 0) is 4.79 Å². The zero-order valence-electron chi connectivity index (χ0n) is 10.4. The van der Waals surface area contributed by atoms with Gasteiger partial charge < -0.3 is 10.2 Å². The Kier molecular flexibility index (Phi) is 3.71. The molecule has 2 rings (SSSR count). The van der Waals surface area contributed by atoms with Crippen molar-refractivity contribution >= 4 is 33.3 Å². The molecule has 1 saturated heterocycles. The number of ketones is 1. The highest BCUT2D eigenvalue weighted by Crippen LogP contribution is 2.26. The molecular weight excluding hydrogens is 296 g/mol. The predicted octanol–water partition coefficient (Wildman–Crippen LogP) is 1.98. The van der Waals surface area contributed by atoms with E-state index in [1.165, 1.54) is 6.92 Å². The van der Waals surface area contributed by atoms with Crippen LogP contribution in [-0.4, -0.2) is 30.8 Å². The SMILES string of the molecule is CC(=O)c1ccc(N2CCNC(=O)C2C)cc1Br. The van der Waals surface area contributed by atoms with Gasteiger partial charge in [-0.05, 0) is 48.0 Å². The van der Waals surface area contributed by atoms with Crippen LogP contribution in [0.3, 0.4) is 0 Å². The number of Topliss-reactive ketones (excluding diaryl/α,β-unsaturated/α-hetero) is 1. The molecule has 1 heterocycles. The van der Waals surface area contributed by atoms with E-state index in [1.807, 2.05) is 24.0 Å². The van der Waals surface area contributed by atoms with Gasteiger partial charge in [0.25, 0.3) is 0 Å². The van der Waals surface area contributed by atoms with Crippen molar-refractivity contribution in [2.45, 2.75) is 19.9 Å². The number of nitrogens with zero attached hydrogens (tertiary/aromatic N) is 1. The quantitative estimate of drug-likeness (QED) is 0.850. The lowest BCUT2D eigenvalue weighted by molar-refractivity contribution is -0.122. The summed E-state index contributed by atoms with van der Waals surface area (Å²) in [7, 11) is 0. The summed E-state index contributed by atoms with van der Waals surface area (Å²) in [5.41, 5.74) is 1.61. The number of amides is 1. The summed E-state index contributed by atoms with van der Waals surface area (Å²) < 4.78 is 0.769. The molecule has 1 unspecified atom stereocenters. The predicted molar refractivity (Wildman–Crippen MR) is 74.0 cm³/mol. The van der Waals surface area contributed by atoms with E-state index in [9.17, 15) is 9.59 Å². The Bertz CT molecular complexity index is 502. The van der Waals surface area contributed by atoms with Crippen LogP contribution in [0, 0.1) is 0 Å². The topological polar surface area (TPSA) is 49.4 Å². The van der Waals surface area contributed by atoms with Crippen LogP contribution < -0.4 is 10.2 Å². The number of carbonyl (C=O) groups excluding carboxylic acids is 2. The van der Waals surface area contributed by atoms with Gasteiger partial charge in [0, 0.05) is 28.8 Å². The molecule has 18 heavy (non-hydrogen) atoms. The number of benzene rings is 1. The lowest BCUT2D eigenvalue weighted by atomic mass is 10.1. The summed E-state index contributed by atoms with van der Waals surface area (Å²) in [5, 5.41) is 2.83. The molecule has 1 aliphatic rings. The van der Waals surface area contributed by atoms with Gasteiger partial charge in [0.15, 0.2) is 5.78 Å². The van der Waals surface area contributed by atoms with Gasteiger partial charge in [-0.1, -0.05) is 0 Å². The molecule has 1 aromatic rings. The molecule has 1 aliphatic heterocycles. The van der Waals surface area contributed by atoms with Gasteiger partial charge in [-0.15, -0.1) is 0 Å². The Hall–Kier alpha value is -1.36. The average Bonchev–Trinajstić information content (AvgIpc) is 2.32. The van der Waals surface area contributed by atoms with E-state index in [0.717, 1.165) is 16.7 Å². The first kappa shape index (κ1) is 13.1.